The van der Waals surface area contributed by atoms with Gasteiger partial charge in [0.15, 0.2) is 5.54 Å². The van der Waals surface area contributed by atoms with E-state index < -0.39 is 29.1 Å². The molecule has 0 heterocycles. The Kier molecular flexibility index (Phi) is 4.00. The number of alkyl halides is 3. The SMILES string of the molecule is CC(NC(=O)C12C3C(=O)C4C5CC(C41)C2C53)(C(=O)O)c1ccccc1.O=C(O)C(F)(F)F. The fourth-order valence-electron chi connectivity index (χ4n) is 7.78. The van der Waals surface area contributed by atoms with Gasteiger partial charge in [0.25, 0.3) is 0 Å². The summed E-state index contributed by atoms with van der Waals surface area (Å²) in [5.41, 5.74) is -1.51. The van der Waals surface area contributed by atoms with Crippen molar-refractivity contribution in [2.75, 3.05) is 0 Å². The molecule has 0 saturated heterocycles. The Morgan fingerprint density at radius 3 is 2.12 bits per heavy atom. The molecule has 0 radical (unpaired) electrons. The lowest BCUT2D eigenvalue weighted by Gasteiger charge is -2.70. The zero-order valence-corrected chi connectivity index (χ0v) is 16.8. The smallest absolute Gasteiger partial charge is 0.479 e. The van der Waals surface area contributed by atoms with Crippen molar-refractivity contribution in [3.05, 3.63) is 35.9 Å². The molecule has 32 heavy (non-hydrogen) atoms. The molecule has 7 nitrogen and oxygen atoms in total. The predicted molar refractivity (Wildman–Crippen MR) is 99.8 cm³/mol. The molecule has 1 aromatic carbocycles. The number of hydrogen-bond donors (Lipinski definition) is 3. The van der Waals surface area contributed by atoms with Crippen molar-refractivity contribution in [1.29, 1.82) is 0 Å². The largest absolute Gasteiger partial charge is 0.490 e. The van der Waals surface area contributed by atoms with E-state index in [1.165, 1.54) is 6.92 Å². The zero-order chi connectivity index (χ0) is 23.4. The molecule has 1 amide bonds. The molecule has 10 heteroatoms. The Balaban J connectivity index is 0.000000272. The van der Waals surface area contributed by atoms with Crippen LogP contribution in [0.25, 0.3) is 0 Å². The number of amides is 1. The van der Waals surface area contributed by atoms with E-state index in [9.17, 15) is 32.7 Å². The molecule has 0 spiro atoms. The molecule has 0 aliphatic heterocycles. The van der Waals surface area contributed by atoms with Gasteiger partial charge in [-0.25, -0.2) is 9.59 Å². The summed E-state index contributed by atoms with van der Waals surface area (Å²) in [7, 11) is 0. The van der Waals surface area contributed by atoms with Crippen LogP contribution >= 0.6 is 0 Å². The van der Waals surface area contributed by atoms with Crippen molar-refractivity contribution in [3.63, 3.8) is 0 Å². The number of ketones is 1. The number of benzene rings is 1. The first-order chi connectivity index (χ1) is 14.9. The molecule has 9 atom stereocenters. The molecule has 6 saturated carbocycles. The summed E-state index contributed by atoms with van der Waals surface area (Å²) >= 11 is 0. The van der Waals surface area contributed by atoms with E-state index in [1.54, 1.807) is 24.3 Å². The standard InChI is InChI=1S/C20H19NO4.C2HF3O2/c1-19(18(24)25,8-5-3-2-4-6-8)21-17(23)20-13-10-7-9-11(13)15(20)16(22)12(9)14(10)20;3-2(4,5)1(6)7/h2-6,9-15H,7H2,1H3,(H,21,23)(H,24,25);(H,6,7). The summed E-state index contributed by atoms with van der Waals surface area (Å²) in [5.74, 6) is -1.83. The number of nitrogens with one attached hydrogen (secondary N) is 1. The van der Waals surface area contributed by atoms with E-state index >= 15 is 0 Å². The normalized spacial score (nSPS) is 40.5. The highest BCUT2D eigenvalue weighted by Gasteiger charge is 2.96. The minimum Gasteiger partial charge on any atom is -0.479 e. The number of rotatable bonds is 4. The lowest BCUT2D eigenvalue weighted by molar-refractivity contribution is -0.250. The van der Waals surface area contributed by atoms with Gasteiger partial charge in [0.05, 0.1) is 5.41 Å². The molecule has 0 aromatic heterocycles. The van der Waals surface area contributed by atoms with Crippen LogP contribution in [0.1, 0.15) is 18.9 Å². The highest BCUT2D eigenvalue weighted by Crippen LogP contribution is 2.92. The van der Waals surface area contributed by atoms with Crippen molar-refractivity contribution in [3.8, 4) is 0 Å². The number of carbonyl (C=O) groups excluding carboxylic acids is 2. The van der Waals surface area contributed by atoms with Crippen molar-refractivity contribution < 1.29 is 42.6 Å². The van der Waals surface area contributed by atoms with Gasteiger partial charge < -0.3 is 15.5 Å². The predicted octanol–water partition coefficient (Wildman–Crippen LogP) is 2.06. The molecule has 6 fully saturated rings. The van der Waals surface area contributed by atoms with Gasteiger partial charge in [-0.1, -0.05) is 30.3 Å². The second-order valence-corrected chi connectivity index (χ2v) is 9.58. The molecule has 7 rings (SSSR count). The quantitative estimate of drug-likeness (QED) is 0.645. The van der Waals surface area contributed by atoms with Crippen LogP contribution in [-0.2, 0) is 24.7 Å². The summed E-state index contributed by atoms with van der Waals surface area (Å²) < 4.78 is 31.7. The number of hydrogen-bond acceptors (Lipinski definition) is 4. The molecule has 1 aromatic rings. The van der Waals surface area contributed by atoms with Crippen LogP contribution < -0.4 is 5.32 Å². The van der Waals surface area contributed by atoms with Crippen LogP contribution in [0, 0.1) is 46.8 Å². The Bertz CT molecular complexity index is 1060. The summed E-state index contributed by atoms with van der Waals surface area (Å²) in [5, 5.41) is 19.8. The van der Waals surface area contributed by atoms with Gasteiger partial charge in [0.2, 0.25) is 5.91 Å². The molecule has 170 valence electrons. The van der Waals surface area contributed by atoms with Crippen LogP contribution in [0.2, 0.25) is 0 Å². The highest BCUT2D eigenvalue weighted by molar-refractivity contribution is 6.05. The minimum atomic E-state index is -5.08. The van der Waals surface area contributed by atoms with Crippen molar-refractivity contribution >= 4 is 23.6 Å². The average Bonchev–Trinajstić information content (AvgIpc) is 3.23. The van der Waals surface area contributed by atoms with E-state index in [2.05, 4.69) is 5.32 Å². The Morgan fingerprint density at radius 1 is 1.03 bits per heavy atom. The van der Waals surface area contributed by atoms with Gasteiger partial charge in [0.1, 0.15) is 5.78 Å². The maximum Gasteiger partial charge on any atom is 0.490 e. The maximum absolute atomic E-state index is 13.3. The summed E-state index contributed by atoms with van der Waals surface area (Å²) in [6.07, 6.45) is -3.98. The molecular formula is C22H20F3NO6. The van der Waals surface area contributed by atoms with Crippen LogP contribution in [0.5, 0.6) is 0 Å². The fourth-order valence-corrected chi connectivity index (χ4v) is 7.78. The van der Waals surface area contributed by atoms with E-state index in [0.717, 1.165) is 6.42 Å². The van der Waals surface area contributed by atoms with E-state index in [-0.39, 0.29) is 23.7 Å². The molecular weight excluding hydrogens is 431 g/mol. The maximum atomic E-state index is 13.3. The van der Waals surface area contributed by atoms with Gasteiger partial charge in [-0.2, -0.15) is 13.2 Å². The Labute approximate surface area is 180 Å². The first kappa shape index (κ1) is 21.0. The van der Waals surface area contributed by atoms with Gasteiger partial charge in [-0.3, -0.25) is 9.59 Å². The Hall–Kier alpha value is -2.91. The monoisotopic (exact) mass is 451 g/mol. The second kappa shape index (κ2) is 6.11. The van der Waals surface area contributed by atoms with E-state index in [4.69, 9.17) is 9.90 Å². The molecule has 3 N–H and O–H groups in total. The number of aliphatic carboxylic acids is 2. The minimum absolute atomic E-state index is 0.0866. The number of Topliss-reactive ketones (excluding diaryl/α,β-unsaturated/α-hetero) is 1. The van der Waals surface area contributed by atoms with Gasteiger partial charge >= 0.3 is 18.1 Å². The fraction of sp³-hybridized carbons (Fsp3) is 0.545. The van der Waals surface area contributed by atoms with E-state index in [1.807, 2.05) is 6.07 Å². The average molecular weight is 451 g/mol. The van der Waals surface area contributed by atoms with E-state index in [0.29, 0.717) is 35.0 Å². The van der Waals surface area contributed by atoms with Gasteiger partial charge in [-0.15, -0.1) is 0 Å². The number of carboxylic acids is 2. The first-order valence-corrected chi connectivity index (χ1v) is 10.3. The van der Waals surface area contributed by atoms with Crippen molar-refractivity contribution in [1.82, 2.24) is 5.32 Å². The second-order valence-electron chi connectivity index (χ2n) is 9.58. The highest BCUT2D eigenvalue weighted by atomic mass is 19.4. The lowest BCUT2D eigenvalue weighted by Crippen LogP contribution is -2.76. The third-order valence-corrected chi connectivity index (χ3v) is 8.64. The summed E-state index contributed by atoms with van der Waals surface area (Å²) in [4.78, 5) is 46.9. The topological polar surface area (TPSA) is 121 Å². The molecule has 9 unspecified atom stereocenters. The van der Waals surface area contributed by atoms with Crippen LogP contribution in [0.3, 0.4) is 0 Å². The van der Waals surface area contributed by atoms with Crippen LogP contribution in [0.4, 0.5) is 13.2 Å². The van der Waals surface area contributed by atoms with Crippen LogP contribution in [0.15, 0.2) is 30.3 Å². The van der Waals surface area contributed by atoms with Crippen molar-refractivity contribution in [2.45, 2.75) is 25.1 Å². The van der Waals surface area contributed by atoms with Gasteiger partial charge in [-0.05, 0) is 48.5 Å². The summed E-state index contributed by atoms with van der Waals surface area (Å²) in [6, 6.07) is 8.81. The number of carboxylic acid groups (broad SMARTS) is 2. The molecule has 6 aliphatic carbocycles. The zero-order valence-electron chi connectivity index (χ0n) is 16.8. The molecule has 6 aliphatic rings. The third-order valence-electron chi connectivity index (χ3n) is 8.64. The lowest BCUT2D eigenvalue weighted by atomic mass is 9.31. The Morgan fingerprint density at radius 2 is 1.62 bits per heavy atom. The first-order valence-electron chi connectivity index (χ1n) is 10.3. The van der Waals surface area contributed by atoms with Crippen LogP contribution in [-0.4, -0.2) is 40.0 Å². The van der Waals surface area contributed by atoms with Crippen molar-refractivity contribution in [2.24, 2.45) is 46.8 Å². The third kappa shape index (κ3) is 2.17. The summed E-state index contributed by atoms with van der Waals surface area (Å²) in [6.45, 7) is 1.54. The number of carbonyl (C=O) groups is 4. The van der Waals surface area contributed by atoms with Gasteiger partial charge in [0, 0.05) is 11.8 Å². The number of halogens is 3. The molecule has 4 bridgehead atoms.